The van der Waals surface area contributed by atoms with Gasteiger partial charge in [0.05, 0.1) is 10.6 Å². The number of fused-ring (bicyclic) bond motifs is 1. The summed E-state index contributed by atoms with van der Waals surface area (Å²) in [7, 11) is 0. The van der Waals surface area contributed by atoms with Crippen molar-refractivity contribution in [3.8, 4) is 0 Å². The van der Waals surface area contributed by atoms with Crippen LogP contribution < -0.4 is 5.32 Å². The van der Waals surface area contributed by atoms with E-state index in [-0.39, 0.29) is 10.4 Å². The van der Waals surface area contributed by atoms with E-state index in [1.165, 1.54) is 24.3 Å². The zero-order chi connectivity index (χ0) is 20.1. The summed E-state index contributed by atoms with van der Waals surface area (Å²) in [4.78, 5) is 22.7. The van der Waals surface area contributed by atoms with E-state index in [4.69, 9.17) is 0 Å². The molecule has 8 heteroatoms. The number of aromatic nitrogens is 2. The van der Waals surface area contributed by atoms with E-state index in [1.807, 2.05) is 6.92 Å². The Kier molecular flexibility index (Phi) is 4.61. The molecule has 1 atom stereocenters. The molecule has 2 aromatic heterocycles. The van der Waals surface area contributed by atoms with Crippen molar-refractivity contribution in [2.24, 2.45) is 0 Å². The Morgan fingerprint density at radius 1 is 1.18 bits per heavy atom. The minimum Gasteiger partial charge on any atom is -0.336 e. The first-order valence-corrected chi connectivity index (χ1v) is 9.77. The first-order valence-electron chi connectivity index (χ1n) is 8.96. The van der Waals surface area contributed by atoms with Gasteiger partial charge in [-0.15, -0.1) is 11.3 Å². The summed E-state index contributed by atoms with van der Waals surface area (Å²) in [5.41, 5.74) is 1.37. The minimum absolute atomic E-state index is 0.00546. The van der Waals surface area contributed by atoms with Crippen molar-refractivity contribution in [2.75, 3.05) is 0 Å². The Morgan fingerprint density at radius 2 is 1.86 bits per heavy atom. The normalized spacial score (nSPS) is 15.6. The summed E-state index contributed by atoms with van der Waals surface area (Å²) >= 11 is 1.12. The van der Waals surface area contributed by atoms with Crippen LogP contribution in [0.2, 0.25) is 0 Å². The summed E-state index contributed by atoms with van der Waals surface area (Å²) in [6, 6.07) is 5.31. The molecule has 0 spiro atoms. The Balaban J connectivity index is 1.70. The number of amides is 1. The molecule has 1 amide bonds. The molecule has 28 heavy (non-hydrogen) atoms. The van der Waals surface area contributed by atoms with Crippen LogP contribution in [0.4, 0.5) is 13.2 Å². The highest BCUT2D eigenvalue weighted by atomic mass is 32.1. The van der Waals surface area contributed by atoms with Gasteiger partial charge in [-0.05, 0) is 37.8 Å². The molecule has 4 rings (SSSR count). The number of carbonyl (C=O) groups is 1. The molecular weight excluding hydrogens is 387 g/mol. The highest BCUT2D eigenvalue weighted by Crippen LogP contribution is 2.41. The van der Waals surface area contributed by atoms with E-state index in [9.17, 15) is 18.0 Å². The van der Waals surface area contributed by atoms with Crippen LogP contribution in [0, 0.1) is 13.8 Å². The quantitative estimate of drug-likeness (QED) is 0.648. The number of halogens is 3. The number of nitrogens with one attached hydrogen (secondary N) is 1. The lowest BCUT2D eigenvalue weighted by molar-refractivity contribution is -0.155. The number of carbonyl (C=O) groups excluding carboxylic acids is 1. The maximum atomic E-state index is 13.6. The van der Waals surface area contributed by atoms with Crippen LogP contribution in [0.25, 0.3) is 10.2 Å². The average Bonchev–Trinajstić information content (AvgIpc) is 3.43. The highest BCUT2D eigenvalue weighted by Gasteiger charge is 2.42. The molecule has 146 valence electrons. The Hall–Kier alpha value is -2.48. The van der Waals surface area contributed by atoms with Gasteiger partial charge in [-0.1, -0.05) is 30.3 Å². The maximum absolute atomic E-state index is 13.6. The second-order valence-corrected chi connectivity index (χ2v) is 8.04. The third-order valence-electron chi connectivity index (χ3n) is 4.87. The highest BCUT2D eigenvalue weighted by molar-refractivity contribution is 7.20. The van der Waals surface area contributed by atoms with Gasteiger partial charge in [0.1, 0.15) is 10.7 Å². The van der Waals surface area contributed by atoms with Crippen LogP contribution in [0.15, 0.2) is 30.3 Å². The Bertz CT molecular complexity index is 1040. The number of hydrogen-bond donors (Lipinski definition) is 1. The molecule has 3 aromatic rings. The second-order valence-electron chi connectivity index (χ2n) is 7.04. The summed E-state index contributed by atoms with van der Waals surface area (Å²) in [6.07, 6.45) is -2.50. The third kappa shape index (κ3) is 3.48. The lowest BCUT2D eigenvalue weighted by Crippen LogP contribution is -2.38. The molecule has 2 heterocycles. The molecule has 0 aliphatic heterocycles. The van der Waals surface area contributed by atoms with E-state index in [1.54, 1.807) is 13.0 Å². The van der Waals surface area contributed by atoms with Crippen LogP contribution >= 0.6 is 11.3 Å². The van der Waals surface area contributed by atoms with Crippen LogP contribution in [0.1, 0.15) is 57.1 Å². The Labute approximate surface area is 163 Å². The van der Waals surface area contributed by atoms with Gasteiger partial charge in [-0.25, -0.2) is 9.97 Å². The number of hydrogen-bond acceptors (Lipinski definition) is 4. The van der Waals surface area contributed by atoms with Crippen molar-refractivity contribution in [3.63, 3.8) is 0 Å². The topological polar surface area (TPSA) is 54.9 Å². The van der Waals surface area contributed by atoms with Crippen molar-refractivity contribution < 1.29 is 18.0 Å². The van der Waals surface area contributed by atoms with Gasteiger partial charge in [-0.2, -0.15) is 13.2 Å². The first-order chi connectivity index (χ1) is 13.3. The zero-order valence-electron chi connectivity index (χ0n) is 15.3. The van der Waals surface area contributed by atoms with Crippen molar-refractivity contribution in [1.82, 2.24) is 15.3 Å². The number of alkyl halides is 3. The fraction of sp³-hybridized carbons (Fsp3) is 0.350. The van der Waals surface area contributed by atoms with Crippen LogP contribution in [0.3, 0.4) is 0 Å². The molecule has 1 aliphatic rings. The molecule has 1 fully saturated rings. The molecule has 1 aliphatic carbocycles. The number of nitrogens with zero attached hydrogens (tertiary/aromatic N) is 2. The van der Waals surface area contributed by atoms with E-state index in [2.05, 4.69) is 15.3 Å². The van der Waals surface area contributed by atoms with E-state index < -0.39 is 18.1 Å². The zero-order valence-corrected chi connectivity index (χ0v) is 16.1. The van der Waals surface area contributed by atoms with Gasteiger partial charge in [0.2, 0.25) is 0 Å². The number of aryl methyl sites for hydroxylation is 2. The third-order valence-corrected chi connectivity index (χ3v) is 6.06. The molecule has 0 bridgehead atoms. The van der Waals surface area contributed by atoms with Crippen molar-refractivity contribution in [3.05, 3.63) is 57.9 Å². The largest absolute Gasteiger partial charge is 0.412 e. The fourth-order valence-corrected chi connectivity index (χ4v) is 4.44. The number of rotatable bonds is 4. The van der Waals surface area contributed by atoms with E-state index in [0.29, 0.717) is 16.3 Å². The van der Waals surface area contributed by atoms with Crippen molar-refractivity contribution >= 4 is 27.5 Å². The van der Waals surface area contributed by atoms with Gasteiger partial charge >= 0.3 is 6.18 Å². The summed E-state index contributed by atoms with van der Waals surface area (Å²) in [5.74, 6) is 0.366. The molecule has 1 N–H and O–H groups in total. The predicted molar refractivity (Wildman–Crippen MR) is 102 cm³/mol. The number of benzene rings is 1. The van der Waals surface area contributed by atoms with Crippen LogP contribution in [-0.2, 0) is 0 Å². The number of thiophene rings is 1. The van der Waals surface area contributed by atoms with Crippen LogP contribution in [0.5, 0.6) is 0 Å². The van der Waals surface area contributed by atoms with Crippen molar-refractivity contribution in [1.29, 1.82) is 0 Å². The average molecular weight is 405 g/mol. The maximum Gasteiger partial charge on any atom is 0.412 e. The molecule has 4 nitrogen and oxygen atoms in total. The van der Waals surface area contributed by atoms with Gasteiger partial charge in [0.15, 0.2) is 6.04 Å². The molecule has 1 aromatic carbocycles. The van der Waals surface area contributed by atoms with Crippen molar-refractivity contribution in [2.45, 2.75) is 44.8 Å². The second kappa shape index (κ2) is 6.84. The van der Waals surface area contributed by atoms with Gasteiger partial charge in [0, 0.05) is 11.3 Å². The monoisotopic (exact) mass is 405 g/mol. The SMILES string of the molecule is Cc1nc(C2CC2)nc2sc(C(=O)NC(c3ccccc3)C(F)(F)F)c(C)c12. The lowest BCUT2D eigenvalue weighted by Gasteiger charge is -2.22. The molecule has 1 unspecified atom stereocenters. The lowest BCUT2D eigenvalue weighted by atomic mass is 10.1. The summed E-state index contributed by atoms with van der Waals surface area (Å²) in [6.45, 7) is 3.58. The van der Waals surface area contributed by atoms with Gasteiger partial charge < -0.3 is 5.32 Å². The molecular formula is C20H18F3N3OS. The first kappa shape index (κ1) is 18.9. The molecule has 1 saturated carbocycles. The van der Waals surface area contributed by atoms with E-state index in [0.717, 1.165) is 41.1 Å². The van der Waals surface area contributed by atoms with E-state index >= 15 is 0 Å². The van der Waals surface area contributed by atoms with Gasteiger partial charge in [-0.3, -0.25) is 4.79 Å². The van der Waals surface area contributed by atoms with Crippen LogP contribution in [-0.4, -0.2) is 22.1 Å². The molecule has 0 radical (unpaired) electrons. The molecule has 0 saturated heterocycles. The fourth-order valence-electron chi connectivity index (χ4n) is 3.30. The van der Waals surface area contributed by atoms with Gasteiger partial charge in [0.25, 0.3) is 5.91 Å². The standard InChI is InChI=1S/C20H18F3N3OS/c1-10-14-11(2)24-17(13-8-9-13)26-19(14)28-15(10)18(27)25-16(20(21,22)23)12-6-4-3-5-7-12/h3-7,13,16H,8-9H2,1-2H3,(H,25,27). The predicted octanol–water partition coefficient (Wildman–Crippen LogP) is 5.22. The Morgan fingerprint density at radius 3 is 2.46 bits per heavy atom. The summed E-state index contributed by atoms with van der Waals surface area (Å²) < 4.78 is 40.7. The smallest absolute Gasteiger partial charge is 0.336 e. The summed E-state index contributed by atoms with van der Waals surface area (Å²) in [5, 5.41) is 2.91. The minimum atomic E-state index is -4.60.